The quantitative estimate of drug-likeness (QED) is 0.300. The van der Waals surface area contributed by atoms with Crippen molar-refractivity contribution in [1.82, 2.24) is 29.8 Å². The Balaban J connectivity index is 1.66. The Morgan fingerprint density at radius 3 is 2.72 bits per heavy atom. The van der Waals surface area contributed by atoms with E-state index in [0.29, 0.717) is 24.2 Å². The van der Waals surface area contributed by atoms with Gasteiger partial charge in [-0.3, -0.25) is 24.1 Å². The maximum absolute atomic E-state index is 16.6. The lowest BCUT2D eigenvalue weighted by Gasteiger charge is -2.24. The van der Waals surface area contributed by atoms with E-state index in [1.54, 1.807) is 19.9 Å². The highest BCUT2D eigenvalue weighted by atomic mass is 35.5. The topological polar surface area (TPSA) is 112 Å². The lowest BCUT2D eigenvalue weighted by Crippen LogP contribution is -2.41. The number of carbonyl (C=O) groups excluding carboxylic acids is 1. The minimum absolute atomic E-state index is 0.0943. The van der Waals surface area contributed by atoms with E-state index in [2.05, 4.69) is 25.3 Å². The zero-order valence-corrected chi connectivity index (χ0v) is 24.0. The van der Waals surface area contributed by atoms with E-state index in [4.69, 9.17) is 19.1 Å². The molecule has 0 unspecified atom stereocenters. The summed E-state index contributed by atoms with van der Waals surface area (Å²) < 4.78 is 67.3. The summed E-state index contributed by atoms with van der Waals surface area (Å²) in [5.74, 6) is -3.75. The summed E-state index contributed by atoms with van der Waals surface area (Å²) in [6, 6.07) is 3.16. The highest BCUT2D eigenvalue weighted by Gasteiger charge is 2.28. The van der Waals surface area contributed by atoms with Crippen LogP contribution in [-0.2, 0) is 29.7 Å². The minimum atomic E-state index is -2.96. The Morgan fingerprint density at radius 1 is 1.19 bits per heavy atom. The number of allylic oxidation sites excluding steroid dienone is 2. The van der Waals surface area contributed by atoms with Gasteiger partial charge in [-0.05, 0) is 39.2 Å². The van der Waals surface area contributed by atoms with Gasteiger partial charge in [-0.25, -0.2) is 23.1 Å². The maximum Gasteiger partial charge on any atom is 0.278 e. The summed E-state index contributed by atoms with van der Waals surface area (Å²) in [6.45, 7) is 1.77. The molecule has 1 aliphatic heterocycles. The molecule has 1 N–H and O–H groups in total. The van der Waals surface area contributed by atoms with Crippen molar-refractivity contribution in [3.8, 4) is 22.8 Å². The van der Waals surface area contributed by atoms with Crippen LogP contribution in [0, 0.1) is 17.5 Å². The summed E-state index contributed by atoms with van der Waals surface area (Å²) in [4.78, 5) is 42.0. The van der Waals surface area contributed by atoms with Gasteiger partial charge >= 0.3 is 0 Å². The number of carbonyl (C=O) groups is 1. The minimum Gasteiger partial charge on any atom is -0.485 e. The summed E-state index contributed by atoms with van der Waals surface area (Å²) in [5, 5.41) is 2.13. The van der Waals surface area contributed by atoms with Crippen molar-refractivity contribution in [2.24, 2.45) is 0 Å². The number of rotatable bonds is 6. The van der Waals surface area contributed by atoms with Crippen LogP contribution in [0.5, 0.6) is 5.75 Å². The third-order valence-corrected chi connectivity index (χ3v) is 6.92. The summed E-state index contributed by atoms with van der Waals surface area (Å²) in [5.41, 5.74) is -2.46. The number of amides is 1. The summed E-state index contributed by atoms with van der Waals surface area (Å²) in [7, 11) is 0. The lowest BCUT2D eigenvalue weighted by molar-refractivity contribution is -0.120. The standard InChI is InChI=1S/C30H26ClF3N6O3/c1-16(41)39-30(2,3)29-35-10-9-21(38-29)26-25(34)27-17(13-37-26)7-5-4-6-8-19-12-23(24(31)28(42)40(19)27)43-15-22-20(33)11-18(32)14-36-22/h4-5,9-14H,6-8,15H2,1-3H3,(H,39,41)/b5-4-/i15D2. The van der Waals surface area contributed by atoms with Gasteiger partial charge in [-0.15, -0.1) is 0 Å². The molecule has 0 aromatic carbocycles. The Hall–Kier alpha value is -4.58. The molecule has 0 spiro atoms. The third-order valence-electron chi connectivity index (χ3n) is 6.57. The number of nitrogens with one attached hydrogen (secondary N) is 1. The van der Waals surface area contributed by atoms with Crippen LogP contribution in [-0.4, -0.2) is 30.4 Å². The van der Waals surface area contributed by atoms with Crippen molar-refractivity contribution in [1.29, 1.82) is 0 Å². The second-order valence-electron chi connectivity index (χ2n) is 10.2. The Labute approximate surface area is 252 Å². The predicted octanol–water partition coefficient (Wildman–Crippen LogP) is 5.15. The molecule has 9 nitrogen and oxygen atoms in total. The van der Waals surface area contributed by atoms with E-state index in [1.165, 1.54) is 31.5 Å². The number of halogens is 4. The molecule has 0 aliphatic carbocycles. The largest absolute Gasteiger partial charge is 0.485 e. The van der Waals surface area contributed by atoms with E-state index in [9.17, 15) is 18.4 Å². The van der Waals surface area contributed by atoms with Crippen LogP contribution in [0.3, 0.4) is 0 Å². The average molecular weight is 613 g/mol. The first-order valence-corrected chi connectivity index (χ1v) is 13.5. The zero-order chi connectivity index (χ0) is 32.7. The Morgan fingerprint density at radius 2 is 1.98 bits per heavy atom. The Kier molecular flexibility index (Phi) is 7.58. The van der Waals surface area contributed by atoms with Crippen LogP contribution >= 0.6 is 11.6 Å². The molecule has 0 saturated carbocycles. The van der Waals surface area contributed by atoms with Crippen LogP contribution in [0.15, 0.2) is 53.7 Å². The highest BCUT2D eigenvalue weighted by molar-refractivity contribution is 6.31. The molecular formula is C30H26ClF3N6O3. The monoisotopic (exact) mass is 612 g/mol. The maximum atomic E-state index is 16.6. The van der Waals surface area contributed by atoms with Crippen molar-refractivity contribution >= 4 is 17.5 Å². The fraction of sp³-hybridized carbons (Fsp3) is 0.267. The van der Waals surface area contributed by atoms with Crippen LogP contribution in [0.2, 0.25) is 5.02 Å². The average Bonchev–Trinajstić information content (AvgIpc) is 3.04. The second-order valence-corrected chi connectivity index (χ2v) is 10.6. The first kappa shape index (κ1) is 27.3. The molecule has 4 aromatic heterocycles. The van der Waals surface area contributed by atoms with Crippen LogP contribution in [0.25, 0.3) is 17.1 Å². The van der Waals surface area contributed by atoms with Gasteiger partial charge in [0, 0.05) is 42.7 Å². The number of pyridine rings is 3. The van der Waals surface area contributed by atoms with Crippen LogP contribution < -0.4 is 15.6 Å². The molecule has 43 heavy (non-hydrogen) atoms. The number of nitrogens with zero attached hydrogens (tertiary/aromatic N) is 5. The lowest BCUT2D eigenvalue weighted by atomic mass is 10.0. The molecule has 5 heterocycles. The van der Waals surface area contributed by atoms with Gasteiger partial charge in [0.25, 0.3) is 5.56 Å². The molecular weight excluding hydrogens is 585 g/mol. The van der Waals surface area contributed by atoms with Gasteiger partial charge in [-0.2, -0.15) is 0 Å². The SMILES string of the molecule is [2H]C([2H])(Oc1cc2n(c(=O)c1Cl)-c1c(cnc(-c3ccnc(C(C)(C)NC(C)=O)n3)c1F)C/C=C\CC2)c1ncc(F)cc1F. The Bertz CT molecular complexity index is 1920. The number of fused-ring (bicyclic) bond motifs is 3. The number of aromatic nitrogens is 5. The van der Waals surface area contributed by atoms with Gasteiger partial charge in [0.05, 0.1) is 25.9 Å². The van der Waals surface area contributed by atoms with E-state index < -0.39 is 51.6 Å². The fourth-order valence-electron chi connectivity index (χ4n) is 4.64. The van der Waals surface area contributed by atoms with E-state index in [1.807, 2.05) is 6.08 Å². The van der Waals surface area contributed by atoms with Gasteiger partial charge < -0.3 is 10.1 Å². The molecule has 222 valence electrons. The molecule has 0 saturated heterocycles. The first-order valence-electron chi connectivity index (χ1n) is 14.1. The highest BCUT2D eigenvalue weighted by Crippen LogP contribution is 2.32. The van der Waals surface area contributed by atoms with Gasteiger partial charge in [0.15, 0.2) is 17.5 Å². The first-order chi connectivity index (χ1) is 21.2. The second kappa shape index (κ2) is 12.0. The molecule has 1 amide bonds. The molecule has 0 bridgehead atoms. The summed E-state index contributed by atoms with van der Waals surface area (Å²) >= 11 is 6.40. The number of ether oxygens (including phenoxy) is 1. The molecule has 13 heteroatoms. The molecule has 5 rings (SSSR count). The van der Waals surface area contributed by atoms with E-state index >= 15 is 4.39 Å². The van der Waals surface area contributed by atoms with Crippen molar-refractivity contribution in [2.45, 2.75) is 52.1 Å². The molecule has 1 aliphatic rings. The molecule has 0 atom stereocenters. The smallest absolute Gasteiger partial charge is 0.278 e. The van der Waals surface area contributed by atoms with Gasteiger partial charge in [-0.1, -0.05) is 23.8 Å². The fourth-order valence-corrected chi connectivity index (χ4v) is 4.82. The molecule has 0 fully saturated rings. The predicted molar refractivity (Wildman–Crippen MR) is 152 cm³/mol. The molecule has 4 aromatic rings. The van der Waals surface area contributed by atoms with Crippen molar-refractivity contribution in [3.63, 3.8) is 0 Å². The normalized spacial score (nSPS) is 14.7. The third kappa shape index (κ3) is 6.14. The van der Waals surface area contributed by atoms with Crippen LogP contribution in [0.4, 0.5) is 13.2 Å². The number of hydrogen-bond acceptors (Lipinski definition) is 7. The molecule has 0 radical (unpaired) electrons. The number of aryl methyl sites for hydroxylation is 1. The number of hydrogen-bond donors (Lipinski definition) is 1. The zero-order valence-electron chi connectivity index (χ0n) is 25.2. The summed E-state index contributed by atoms with van der Waals surface area (Å²) in [6.07, 6.45) is 7.91. The van der Waals surface area contributed by atoms with Gasteiger partial charge in [0.1, 0.15) is 34.5 Å². The van der Waals surface area contributed by atoms with Crippen molar-refractivity contribution in [3.05, 3.63) is 105 Å². The van der Waals surface area contributed by atoms with Gasteiger partial charge in [0.2, 0.25) is 5.91 Å². The van der Waals surface area contributed by atoms with E-state index in [0.717, 1.165) is 4.57 Å². The van der Waals surface area contributed by atoms with E-state index in [-0.39, 0.29) is 47.3 Å². The van der Waals surface area contributed by atoms with Crippen molar-refractivity contribution in [2.75, 3.05) is 0 Å². The van der Waals surface area contributed by atoms with Crippen LogP contribution in [0.1, 0.15) is 52.7 Å². The van der Waals surface area contributed by atoms with Crippen molar-refractivity contribution < 1.29 is 25.4 Å².